The first-order valence-corrected chi connectivity index (χ1v) is 5.01. The van der Waals surface area contributed by atoms with Crippen molar-refractivity contribution in [2.75, 3.05) is 11.4 Å². The molecular weight excluding hydrogens is 186 g/mol. The molecule has 0 saturated heterocycles. The van der Waals surface area contributed by atoms with Crippen LogP contribution in [0.2, 0.25) is 0 Å². The summed E-state index contributed by atoms with van der Waals surface area (Å²) in [5.74, 6) is 0. The molecule has 0 fully saturated rings. The van der Waals surface area contributed by atoms with Crippen LogP contribution in [0.3, 0.4) is 0 Å². The zero-order chi connectivity index (χ0) is 10.5. The summed E-state index contributed by atoms with van der Waals surface area (Å²) in [7, 11) is 0. The van der Waals surface area contributed by atoms with Crippen molar-refractivity contribution >= 4 is 11.4 Å². The second-order valence-corrected chi connectivity index (χ2v) is 3.18. The summed E-state index contributed by atoms with van der Waals surface area (Å²) in [4.78, 5) is 2.19. The van der Waals surface area contributed by atoms with Gasteiger partial charge in [0.05, 0.1) is 18.1 Å². The molecule has 0 aliphatic rings. The van der Waals surface area contributed by atoms with Crippen molar-refractivity contribution in [3.05, 3.63) is 48.8 Å². The lowest BCUT2D eigenvalue weighted by Gasteiger charge is -2.22. The summed E-state index contributed by atoms with van der Waals surface area (Å²) in [6, 6.07) is 12.2. The first-order valence-electron chi connectivity index (χ1n) is 5.01. The number of hydrogen-bond donors (Lipinski definition) is 0. The third-order valence-corrected chi connectivity index (χ3v) is 2.26. The van der Waals surface area contributed by atoms with Gasteiger partial charge in [-0.05, 0) is 25.1 Å². The van der Waals surface area contributed by atoms with Crippen LogP contribution in [0.25, 0.3) is 0 Å². The van der Waals surface area contributed by atoms with Crippen LogP contribution in [0.5, 0.6) is 0 Å². The number of aromatic nitrogens is 2. The Morgan fingerprint density at radius 3 is 2.40 bits per heavy atom. The topological polar surface area (TPSA) is 29.0 Å². The number of para-hydroxylation sites is 1. The summed E-state index contributed by atoms with van der Waals surface area (Å²) in [5.41, 5.74) is 2.24. The van der Waals surface area contributed by atoms with Crippen LogP contribution in [0, 0.1) is 0 Å². The number of hydrogen-bond acceptors (Lipinski definition) is 3. The van der Waals surface area contributed by atoms with Gasteiger partial charge in [0, 0.05) is 12.2 Å². The molecule has 0 aliphatic carbocycles. The Morgan fingerprint density at radius 2 is 1.80 bits per heavy atom. The normalized spacial score (nSPS) is 9.93. The molecule has 0 unspecified atom stereocenters. The molecule has 0 bridgehead atoms. The van der Waals surface area contributed by atoms with E-state index in [1.165, 1.54) is 5.69 Å². The summed E-state index contributed by atoms with van der Waals surface area (Å²) >= 11 is 0. The fraction of sp³-hybridized carbons (Fsp3) is 0.167. The Kier molecular flexibility index (Phi) is 2.93. The van der Waals surface area contributed by atoms with Crippen molar-refractivity contribution in [1.29, 1.82) is 0 Å². The predicted octanol–water partition coefficient (Wildman–Crippen LogP) is 2.63. The molecular formula is C12H13N3. The molecule has 2 aromatic rings. The summed E-state index contributed by atoms with van der Waals surface area (Å²) < 4.78 is 0. The largest absolute Gasteiger partial charge is 0.340 e. The van der Waals surface area contributed by atoms with Crippen molar-refractivity contribution < 1.29 is 0 Å². The Morgan fingerprint density at radius 1 is 1.00 bits per heavy atom. The molecule has 76 valence electrons. The average Bonchev–Trinajstić information content (AvgIpc) is 2.33. The van der Waals surface area contributed by atoms with Gasteiger partial charge >= 0.3 is 0 Å². The minimum Gasteiger partial charge on any atom is -0.340 e. The van der Waals surface area contributed by atoms with Gasteiger partial charge in [0.25, 0.3) is 0 Å². The molecule has 1 aromatic carbocycles. The highest BCUT2D eigenvalue weighted by Crippen LogP contribution is 2.22. The molecule has 0 amide bonds. The molecule has 3 heteroatoms. The van der Waals surface area contributed by atoms with Crippen molar-refractivity contribution in [3.8, 4) is 0 Å². The number of benzene rings is 1. The summed E-state index contributed by atoms with van der Waals surface area (Å²) in [5, 5.41) is 7.67. The van der Waals surface area contributed by atoms with Crippen molar-refractivity contribution in [1.82, 2.24) is 10.2 Å². The zero-order valence-corrected chi connectivity index (χ0v) is 8.67. The van der Waals surface area contributed by atoms with Crippen molar-refractivity contribution in [3.63, 3.8) is 0 Å². The average molecular weight is 199 g/mol. The van der Waals surface area contributed by atoms with Crippen molar-refractivity contribution in [2.24, 2.45) is 0 Å². The maximum absolute atomic E-state index is 3.89. The quantitative estimate of drug-likeness (QED) is 0.761. The van der Waals surface area contributed by atoms with Crippen LogP contribution >= 0.6 is 0 Å². The highest BCUT2D eigenvalue weighted by atomic mass is 15.2. The zero-order valence-electron chi connectivity index (χ0n) is 8.67. The Balaban J connectivity index is 2.34. The molecule has 0 saturated carbocycles. The standard InChI is InChI=1S/C12H13N3/c1-2-15(11-6-4-3-5-7-11)12-8-9-13-14-10-12/h3-10H,2H2,1H3. The number of rotatable bonds is 3. The van der Waals surface area contributed by atoms with Gasteiger partial charge in [0.15, 0.2) is 0 Å². The van der Waals surface area contributed by atoms with Gasteiger partial charge < -0.3 is 4.90 Å². The van der Waals surface area contributed by atoms with E-state index in [-0.39, 0.29) is 0 Å². The molecule has 0 spiro atoms. The fourth-order valence-corrected chi connectivity index (χ4v) is 1.57. The minimum atomic E-state index is 0.912. The van der Waals surface area contributed by atoms with Gasteiger partial charge in [0.1, 0.15) is 0 Å². The highest BCUT2D eigenvalue weighted by molar-refractivity contribution is 5.61. The Labute approximate surface area is 89.4 Å². The monoisotopic (exact) mass is 199 g/mol. The fourth-order valence-electron chi connectivity index (χ4n) is 1.57. The predicted molar refractivity (Wildman–Crippen MR) is 61.2 cm³/mol. The molecule has 1 heterocycles. The Hall–Kier alpha value is -1.90. The lowest BCUT2D eigenvalue weighted by Crippen LogP contribution is -2.15. The van der Waals surface area contributed by atoms with E-state index < -0.39 is 0 Å². The lowest BCUT2D eigenvalue weighted by molar-refractivity contribution is 0.974. The van der Waals surface area contributed by atoms with Gasteiger partial charge in [-0.25, -0.2) is 0 Å². The van der Waals surface area contributed by atoms with E-state index in [9.17, 15) is 0 Å². The first kappa shape index (κ1) is 9.65. The molecule has 0 atom stereocenters. The summed E-state index contributed by atoms with van der Waals surface area (Å²) in [6.07, 6.45) is 3.48. The molecule has 0 radical (unpaired) electrons. The van der Waals surface area contributed by atoms with E-state index in [2.05, 4.69) is 34.2 Å². The van der Waals surface area contributed by atoms with Crippen LogP contribution in [0.1, 0.15) is 6.92 Å². The molecule has 3 nitrogen and oxygen atoms in total. The van der Waals surface area contributed by atoms with Crippen molar-refractivity contribution in [2.45, 2.75) is 6.92 Å². The first-order chi connectivity index (χ1) is 7.42. The second kappa shape index (κ2) is 4.55. The van der Waals surface area contributed by atoms with Gasteiger partial charge in [0.2, 0.25) is 0 Å². The third kappa shape index (κ3) is 2.13. The maximum atomic E-state index is 3.89. The van der Waals surface area contributed by atoms with Crippen LogP contribution in [0.4, 0.5) is 11.4 Å². The Bertz CT molecular complexity index is 360. The van der Waals surface area contributed by atoms with Crippen LogP contribution < -0.4 is 4.90 Å². The number of anilines is 2. The van der Waals surface area contributed by atoms with Gasteiger partial charge in [-0.2, -0.15) is 10.2 Å². The van der Waals surface area contributed by atoms with Crippen LogP contribution in [0.15, 0.2) is 48.8 Å². The van der Waals surface area contributed by atoms with Crippen LogP contribution in [-0.2, 0) is 0 Å². The van der Waals surface area contributed by atoms with Gasteiger partial charge in [-0.3, -0.25) is 0 Å². The summed E-state index contributed by atoms with van der Waals surface area (Å²) in [6.45, 7) is 3.03. The third-order valence-electron chi connectivity index (χ3n) is 2.26. The van der Waals surface area contributed by atoms with E-state index >= 15 is 0 Å². The SMILES string of the molecule is CCN(c1ccccc1)c1ccnnc1. The molecule has 2 rings (SSSR count). The van der Waals surface area contributed by atoms with E-state index in [1.54, 1.807) is 12.4 Å². The number of nitrogens with zero attached hydrogens (tertiary/aromatic N) is 3. The minimum absolute atomic E-state index is 0.912. The van der Waals surface area contributed by atoms with E-state index in [0.29, 0.717) is 0 Å². The van der Waals surface area contributed by atoms with Gasteiger partial charge in [-0.1, -0.05) is 18.2 Å². The molecule has 0 aliphatic heterocycles. The second-order valence-electron chi connectivity index (χ2n) is 3.18. The molecule has 15 heavy (non-hydrogen) atoms. The van der Waals surface area contributed by atoms with Gasteiger partial charge in [-0.15, -0.1) is 0 Å². The highest BCUT2D eigenvalue weighted by Gasteiger charge is 2.05. The van der Waals surface area contributed by atoms with E-state index in [4.69, 9.17) is 0 Å². The maximum Gasteiger partial charge on any atom is 0.0733 e. The molecule has 1 aromatic heterocycles. The van der Waals surface area contributed by atoms with Crippen LogP contribution in [-0.4, -0.2) is 16.7 Å². The molecule has 0 N–H and O–H groups in total. The smallest absolute Gasteiger partial charge is 0.0733 e. The van der Waals surface area contributed by atoms with E-state index in [1.807, 2.05) is 24.3 Å². The van der Waals surface area contributed by atoms with E-state index in [0.717, 1.165) is 12.2 Å². The lowest BCUT2D eigenvalue weighted by atomic mass is 10.2.